The lowest BCUT2D eigenvalue weighted by Gasteiger charge is -2.23. The van der Waals surface area contributed by atoms with Gasteiger partial charge < -0.3 is 10.4 Å². The number of amides is 1. The molecule has 4 N–H and O–H groups in total. The number of para-hydroxylation sites is 1. The lowest BCUT2D eigenvalue weighted by atomic mass is 9.95. The number of benzene rings is 3. The number of hydrogen-bond acceptors (Lipinski definition) is 5. The van der Waals surface area contributed by atoms with E-state index in [0.29, 0.717) is 24.5 Å². The number of nitrogens with two attached hydrogens (primary N) is 1. The molecule has 8 nitrogen and oxygen atoms in total. The Morgan fingerprint density at radius 1 is 1.00 bits per heavy atom. The van der Waals surface area contributed by atoms with Crippen LogP contribution in [0.1, 0.15) is 16.7 Å². The average molecular weight is 482 g/mol. The summed E-state index contributed by atoms with van der Waals surface area (Å²) in [6.45, 7) is 0.343. The van der Waals surface area contributed by atoms with Gasteiger partial charge in [-0.25, -0.2) is 5.84 Å². The SMILES string of the molecule is NN(C(=NC[C@@H](Cc1ccccc1CNC=O)C(=O)O)c1ccccc1)c1cccc2cccnc12. The third-order valence-corrected chi connectivity index (χ3v) is 5.90. The molecule has 36 heavy (non-hydrogen) atoms. The van der Waals surface area contributed by atoms with Gasteiger partial charge in [-0.3, -0.25) is 24.6 Å². The van der Waals surface area contributed by atoms with Gasteiger partial charge in [0, 0.05) is 23.7 Å². The third-order valence-electron chi connectivity index (χ3n) is 5.90. The molecule has 0 fully saturated rings. The van der Waals surface area contributed by atoms with Crippen molar-refractivity contribution in [3.63, 3.8) is 0 Å². The van der Waals surface area contributed by atoms with E-state index in [0.717, 1.165) is 27.6 Å². The summed E-state index contributed by atoms with van der Waals surface area (Å²) in [6, 6.07) is 26.4. The van der Waals surface area contributed by atoms with Crippen molar-refractivity contribution in [2.45, 2.75) is 13.0 Å². The number of anilines is 1. The molecule has 0 aliphatic rings. The lowest BCUT2D eigenvalue weighted by Crippen LogP contribution is -2.39. The van der Waals surface area contributed by atoms with Crippen LogP contribution in [0, 0.1) is 5.92 Å². The van der Waals surface area contributed by atoms with Gasteiger partial charge in [0.15, 0.2) is 0 Å². The van der Waals surface area contributed by atoms with E-state index in [1.165, 1.54) is 5.01 Å². The molecular weight excluding hydrogens is 454 g/mol. The molecule has 8 heteroatoms. The van der Waals surface area contributed by atoms with Crippen LogP contribution in [0.15, 0.2) is 96.1 Å². The minimum atomic E-state index is -0.959. The van der Waals surface area contributed by atoms with Crippen LogP contribution < -0.4 is 16.2 Å². The van der Waals surface area contributed by atoms with Crippen LogP contribution in [-0.2, 0) is 22.6 Å². The summed E-state index contributed by atoms with van der Waals surface area (Å²) in [5.41, 5.74) is 3.85. The van der Waals surface area contributed by atoms with Crippen LogP contribution >= 0.6 is 0 Å². The first-order valence-corrected chi connectivity index (χ1v) is 11.5. The summed E-state index contributed by atoms with van der Waals surface area (Å²) in [5.74, 6) is 5.30. The summed E-state index contributed by atoms with van der Waals surface area (Å²) in [7, 11) is 0. The van der Waals surface area contributed by atoms with E-state index in [2.05, 4.69) is 10.3 Å². The molecule has 182 valence electrons. The zero-order valence-electron chi connectivity index (χ0n) is 19.6. The van der Waals surface area contributed by atoms with Gasteiger partial charge in [0.25, 0.3) is 0 Å². The highest BCUT2D eigenvalue weighted by molar-refractivity contribution is 6.12. The number of fused-ring (bicyclic) bond motifs is 1. The minimum absolute atomic E-state index is 0.0148. The molecule has 0 aliphatic heterocycles. The zero-order chi connectivity index (χ0) is 25.3. The van der Waals surface area contributed by atoms with Crippen LogP contribution in [0.25, 0.3) is 10.9 Å². The highest BCUT2D eigenvalue weighted by atomic mass is 16.4. The molecule has 1 amide bonds. The Labute approximate surface area is 209 Å². The molecule has 1 heterocycles. The molecule has 0 spiro atoms. The van der Waals surface area contributed by atoms with Gasteiger partial charge in [0.1, 0.15) is 5.84 Å². The summed E-state index contributed by atoms with van der Waals surface area (Å²) >= 11 is 0. The van der Waals surface area contributed by atoms with Gasteiger partial charge in [-0.15, -0.1) is 0 Å². The maximum atomic E-state index is 12.2. The van der Waals surface area contributed by atoms with Crippen molar-refractivity contribution in [3.05, 3.63) is 108 Å². The highest BCUT2D eigenvalue weighted by Crippen LogP contribution is 2.25. The third kappa shape index (κ3) is 5.73. The van der Waals surface area contributed by atoms with E-state index >= 15 is 0 Å². The van der Waals surface area contributed by atoms with E-state index in [9.17, 15) is 14.7 Å². The van der Waals surface area contributed by atoms with Crippen molar-refractivity contribution in [3.8, 4) is 0 Å². The Hall–Kier alpha value is -4.56. The molecule has 1 aromatic heterocycles. The first-order chi connectivity index (χ1) is 17.6. The number of carboxylic acid groups (broad SMARTS) is 1. The topological polar surface area (TPSA) is 121 Å². The Morgan fingerprint density at radius 3 is 2.47 bits per heavy atom. The number of carbonyl (C=O) groups excluding carboxylic acids is 1. The molecule has 4 rings (SSSR count). The van der Waals surface area contributed by atoms with Crippen LogP contribution in [-0.4, -0.2) is 34.9 Å². The fourth-order valence-corrected chi connectivity index (χ4v) is 4.06. The Morgan fingerprint density at radius 2 is 1.72 bits per heavy atom. The van der Waals surface area contributed by atoms with Gasteiger partial charge >= 0.3 is 5.97 Å². The van der Waals surface area contributed by atoms with Gasteiger partial charge in [0.05, 0.1) is 23.7 Å². The molecule has 0 saturated heterocycles. The van der Waals surface area contributed by atoms with Gasteiger partial charge in [-0.1, -0.05) is 72.8 Å². The second-order valence-electron chi connectivity index (χ2n) is 8.26. The Kier molecular flexibility index (Phi) is 8.00. The predicted octanol–water partition coefficient (Wildman–Crippen LogP) is 3.55. The van der Waals surface area contributed by atoms with Crippen molar-refractivity contribution in [2.24, 2.45) is 16.8 Å². The molecular formula is C28H27N5O3. The molecule has 4 aromatic rings. The van der Waals surface area contributed by atoms with Crippen molar-refractivity contribution in [1.82, 2.24) is 10.3 Å². The van der Waals surface area contributed by atoms with Crippen LogP contribution in [0.4, 0.5) is 5.69 Å². The van der Waals surface area contributed by atoms with Gasteiger partial charge in [-0.2, -0.15) is 0 Å². The number of pyridine rings is 1. The van der Waals surface area contributed by atoms with Crippen molar-refractivity contribution in [2.75, 3.05) is 11.6 Å². The summed E-state index contributed by atoms with van der Waals surface area (Å²) in [6.07, 6.45) is 2.59. The quantitative estimate of drug-likeness (QED) is 0.105. The zero-order valence-corrected chi connectivity index (χ0v) is 19.6. The highest BCUT2D eigenvalue weighted by Gasteiger charge is 2.21. The van der Waals surface area contributed by atoms with Crippen molar-refractivity contribution in [1.29, 1.82) is 0 Å². The molecule has 3 aromatic carbocycles. The monoisotopic (exact) mass is 481 g/mol. The number of hydrazine groups is 1. The maximum Gasteiger partial charge on any atom is 0.308 e. The fourth-order valence-electron chi connectivity index (χ4n) is 4.06. The number of aliphatic imine (C=N–C) groups is 1. The Bertz CT molecular complexity index is 1370. The predicted molar refractivity (Wildman–Crippen MR) is 140 cm³/mol. The largest absolute Gasteiger partial charge is 0.481 e. The lowest BCUT2D eigenvalue weighted by molar-refractivity contribution is -0.141. The summed E-state index contributed by atoms with van der Waals surface area (Å²) < 4.78 is 0. The van der Waals surface area contributed by atoms with Gasteiger partial charge in [-0.05, 0) is 29.7 Å². The van der Waals surface area contributed by atoms with Crippen molar-refractivity contribution >= 4 is 34.8 Å². The number of aromatic nitrogens is 1. The fraction of sp³-hybridized carbons (Fsp3) is 0.143. The molecule has 1 atom stereocenters. The molecule has 0 unspecified atom stereocenters. The van der Waals surface area contributed by atoms with E-state index in [4.69, 9.17) is 10.8 Å². The summed E-state index contributed by atoms with van der Waals surface area (Å²) in [5, 5.41) is 15.0. The number of carbonyl (C=O) groups is 2. The van der Waals surface area contributed by atoms with Gasteiger partial charge in [0.2, 0.25) is 6.41 Å². The first kappa shape index (κ1) is 24.6. The van der Waals surface area contributed by atoms with Crippen molar-refractivity contribution < 1.29 is 14.7 Å². The first-order valence-electron chi connectivity index (χ1n) is 11.5. The number of nitrogens with zero attached hydrogens (tertiary/aromatic N) is 3. The van der Waals surface area contributed by atoms with Crippen LogP contribution in [0.5, 0.6) is 0 Å². The Balaban J connectivity index is 1.68. The maximum absolute atomic E-state index is 12.2. The second-order valence-corrected chi connectivity index (χ2v) is 8.26. The molecule has 0 aliphatic carbocycles. The number of aliphatic carboxylic acids is 1. The standard InChI is InChI=1S/C28H27N5O3/c29-33(25-14-6-12-20-13-7-15-31-26(20)25)27(21-8-2-1-3-9-21)32-18-24(28(35)36)16-22-10-4-5-11-23(22)17-30-19-34/h1-15,19,24H,16-18,29H2,(H,30,34)(H,35,36)/t24-/m1/s1. The average Bonchev–Trinajstić information content (AvgIpc) is 2.92. The smallest absolute Gasteiger partial charge is 0.308 e. The van der Waals surface area contributed by atoms with E-state index in [-0.39, 0.29) is 13.0 Å². The molecule has 0 radical (unpaired) electrons. The summed E-state index contributed by atoms with van der Waals surface area (Å²) in [4.78, 5) is 32.2. The van der Waals surface area contributed by atoms with E-state index in [1.54, 1.807) is 6.20 Å². The van der Waals surface area contributed by atoms with Crippen LogP contribution in [0.2, 0.25) is 0 Å². The molecule has 0 saturated carbocycles. The number of carboxylic acids is 1. The number of rotatable bonds is 10. The molecule has 0 bridgehead atoms. The number of nitrogens with one attached hydrogen (secondary N) is 1. The number of amidine groups is 1. The minimum Gasteiger partial charge on any atom is -0.481 e. The van der Waals surface area contributed by atoms with Crippen LogP contribution in [0.3, 0.4) is 0 Å². The number of hydrogen-bond donors (Lipinski definition) is 3. The van der Waals surface area contributed by atoms with E-state index in [1.807, 2.05) is 84.9 Å². The van der Waals surface area contributed by atoms with E-state index < -0.39 is 11.9 Å². The normalized spacial score (nSPS) is 12.2. The second kappa shape index (κ2) is 11.7.